The van der Waals surface area contributed by atoms with E-state index in [4.69, 9.17) is 15.8 Å². The molecule has 0 aliphatic carbocycles. The summed E-state index contributed by atoms with van der Waals surface area (Å²) in [6.45, 7) is -0.207. The first-order chi connectivity index (χ1) is 22.8. The van der Waals surface area contributed by atoms with Gasteiger partial charge in [0.1, 0.15) is 6.04 Å². The molecule has 48 heavy (non-hydrogen) atoms. The number of hydrogen-bond acceptors (Lipinski definition) is 10. The number of primary amides is 1. The number of halogens is 4. The second-order valence-electron chi connectivity index (χ2n) is 10.7. The summed E-state index contributed by atoms with van der Waals surface area (Å²) in [5, 5.41) is 32.4. The van der Waals surface area contributed by atoms with E-state index in [-0.39, 0.29) is 25.1 Å². The molecule has 0 spiro atoms. The molecule has 0 unspecified atom stereocenters. The Morgan fingerprint density at radius 2 is 1.48 bits per heavy atom. The first kappa shape index (κ1) is 40.5. The normalized spacial score (nSPS) is 11.5. The van der Waals surface area contributed by atoms with Crippen LogP contribution >= 0.6 is 12.8 Å². The van der Waals surface area contributed by atoms with Crippen molar-refractivity contribution in [2.24, 2.45) is 5.73 Å². The van der Waals surface area contributed by atoms with E-state index >= 15 is 0 Å². The maximum Gasteiger partial charge on any atom is 0.491 e. The molecule has 9 N–H and O–H groups in total. The molecule has 262 valence electrons. The highest BCUT2D eigenvalue weighted by atomic mass is 32.1. The van der Waals surface area contributed by atoms with Gasteiger partial charge in [0.15, 0.2) is 23.3 Å². The SMILES string of the molecule is NC(=O)[C@H](CCCCNC(=O)CN(CCCCCCNC(=O)c1ccc(B(O)O)c(F)c1F)C(=O)c1ccc(BO)c(F)c1F)NNS. The topological polar surface area (TPSA) is 206 Å². The van der Waals surface area contributed by atoms with E-state index in [1.165, 1.54) is 0 Å². The number of amides is 4. The fraction of sp³-hybridized carbons (Fsp3) is 0.429. The Morgan fingerprint density at radius 1 is 0.854 bits per heavy atom. The smallest absolute Gasteiger partial charge is 0.449 e. The molecule has 1 atom stereocenters. The van der Waals surface area contributed by atoms with Crippen LogP contribution in [0.5, 0.6) is 0 Å². The molecule has 0 aromatic heterocycles. The summed E-state index contributed by atoms with van der Waals surface area (Å²) in [6.07, 6.45) is 3.04. The zero-order valence-electron chi connectivity index (χ0n) is 25.9. The summed E-state index contributed by atoms with van der Waals surface area (Å²) in [6, 6.07) is 3.23. The first-order valence-corrected chi connectivity index (χ1v) is 15.5. The predicted octanol–water partition coefficient (Wildman–Crippen LogP) is -1.60. The van der Waals surface area contributed by atoms with Crippen LogP contribution in [0.15, 0.2) is 24.3 Å². The summed E-state index contributed by atoms with van der Waals surface area (Å²) in [7, 11) is -3.03. The van der Waals surface area contributed by atoms with Crippen molar-refractivity contribution in [2.45, 2.75) is 51.0 Å². The van der Waals surface area contributed by atoms with Crippen LogP contribution in [0.1, 0.15) is 65.7 Å². The Morgan fingerprint density at radius 3 is 2.12 bits per heavy atom. The second-order valence-corrected chi connectivity index (χ2v) is 10.9. The zero-order chi connectivity index (χ0) is 35.8. The van der Waals surface area contributed by atoms with Gasteiger partial charge < -0.3 is 36.3 Å². The van der Waals surface area contributed by atoms with E-state index < -0.39 is 90.7 Å². The number of nitrogens with two attached hydrogens (primary N) is 1. The van der Waals surface area contributed by atoms with Crippen molar-refractivity contribution in [1.82, 2.24) is 25.8 Å². The van der Waals surface area contributed by atoms with Gasteiger partial charge in [-0.15, -0.1) is 0 Å². The summed E-state index contributed by atoms with van der Waals surface area (Å²) in [4.78, 5) is 52.9. The maximum absolute atomic E-state index is 14.7. The van der Waals surface area contributed by atoms with Gasteiger partial charge in [-0.25, -0.2) is 27.8 Å². The van der Waals surface area contributed by atoms with Crippen LogP contribution in [0, 0.1) is 23.3 Å². The highest BCUT2D eigenvalue weighted by molar-refractivity contribution is 7.78. The lowest BCUT2D eigenvalue weighted by Gasteiger charge is -2.23. The summed E-state index contributed by atoms with van der Waals surface area (Å²) in [5.74, 6) is -8.91. The van der Waals surface area contributed by atoms with Crippen LogP contribution in [0.25, 0.3) is 0 Å². The largest absolute Gasteiger partial charge is 0.491 e. The number of thiol groups is 1. The highest BCUT2D eigenvalue weighted by Crippen LogP contribution is 2.15. The van der Waals surface area contributed by atoms with E-state index in [0.717, 1.165) is 29.2 Å². The Balaban J connectivity index is 1.92. The molecule has 2 aromatic rings. The number of hydrogen-bond donors (Lipinski definition) is 9. The Bertz CT molecular complexity index is 1430. The van der Waals surface area contributed by atoms with Crippen LogP contribution in [0.2, 0.25) is 0 Å². The summed E-state index contributed by atoms with van der Waals surface area (Å²) in [5.41, 5.74) is 5.59. The predicted molar refractivity (Wildman–Crippen MR) is 173 cm³/mol. The van der Waals surface area contributed by atoms with Crippen LogP contribution < -0.4 is 37.5 Å². The number of rotatable bonds is 21. The number of benzene rings is 2. The number of carbonyl (C=O) groups is 4. The van der Waals surface area contributed by atoms with Crippen LogP contribution in [0.4, 0.5) is 17.6 Å². The lowest BCUT2D eigenvalue weighted by atomic mass is 9.79. The Labute approximate surface area is 280 Å². The van der Waals surface area contributed by atoms with E-state index in [1.807, 2.05) is 0 Å². The molecule has 0 bridgehead atoms. The first-order valence-electron chi connectivity index (χ1n) is 15.0. The fourth-order valence-corrected chi connectivity index (χ4v) is 4.77. The lowest BCUT2D eigenvalue weighted by molar-refractivity contribution is -0.122. The van der Waals surface area contributed by atoms with Gasteiger partial charge in [-0.05, 0) is 49.7 Å². The lowest BCUT2D eigenvalue weighted by Crippen LogP contribution is -2.45. The van der Waals surface area contributed by atoms with Crippen molar-refractivity contribution in [3.63, 3.8) is 0 Å². The molecule has 13 nitrogen and oxygen atoms in total. The molecule has 0 radical (unpaired) electrons. The van der Waals surface area contributed by atoms with E-state index in [2.05, 4.69) is 33.7 Å². The Kier molecular flexibility index (Phi) is 17.4. The third kappa shape index (κ3) is 12.1. The molecular formula is C28H38B2F4N6O7S. The third-order valence-electron chi connectivity index (χ3n) is 7.28. The van der Waals surface area contributed by atoms with Crippen molar-refractivity contribution in [3.05, 3.63) is 58.7 Å². The van der Waals surface area contributed by atoms with Crippen molar-refractivity contribution in [1.29, 1.82) is 0 Å². The maximum atomic E-state index is 14.7. The number of nitrogens with one attached hydrogen (secondary N) is 4. The molecule has 20 heteroatoms. The molecule has 0 aliphatic heterocycles. The molecule has 4 amide bonds. The van der Waals surface area contributed by atoms with Gasteiger partial charge in [-0.1, -0.05) is 37.8 Å². The second kappa shape index (κ2) is 20.6. The molecule has 2 aromatic carbocycles. The number of hydrazine groups is 1. The monoisotopic (exact) mass is 700 g/mol. The van der Waals surface area contributed by atoms with E-state index in [0.29, 0.717) is 44.9 Å². The van der Waals surface area contributed by atoms with Gasteiger partial charge in [0.05, 0.1) is 17.7 Å². The van der Waals surface area contributed by atoms with Crippen LogP contribution in [-0.4, -0.2) is 90.4 Å². The summed E-state index contributed by atoms with van der Waals surface area (Å²) < 4.78 is 57.1. The Hall–Kier alpha value is -3.68. The molecule has 2 rings (SSSR count). The quantitative estimate of drug-likeness (QED) is 0.0242. The highest BCUT2D eigenvalue weighted by Gasteiger charge is 2.26. The van der Waals surface area contributed by atoms with Crippen molar-refractivity contribution >= 4 is 62.0 Å². The van der Waals surface area contributed by atoms with Crippen molar-refractivity contribution < 1.29 is 51.8 Å². The minimum Gasteiger partial charge on any atom is -0.449 e. The standard InChI is InChI=1S/C28H38B2F4N6O7S/c31-22-16(9-11-19(25(22)34)30(46)47)27(43)37-13-4-1-2-6-14-40(28(44)17-8-10-18(29-45)24(33)23(17)32)15-21(41)36-12-5-3-7-20(26(35)42)38-39-48/h8-11,20,29,38-39,45-48H,1-7,12-15H2,(H2,35,42)(H,36,41)(H,37,43)/t20-/m0/s1. The van der Waals surface area contributed by atoms with Gasteiger partial charge in [-0.3, -0.25) is 19.2 Å². The fourth-order valence-electron chi connectivity index (χ4n) is 4.61. The van der Waals surface area contributed by atoms with Gasteiger partial charge in [-0.2, -0.15) is 0 Å². The number of unbranched alkanes of at least 4 members (excludes halogenated alkanes) is 4. The van der Waals surface area contributed by atoms with Gasteiger partial charge >= 0.3 is 14.6 Å². The molecule has 0 fully saturated rings. The van der Waals surface area contributed by atoms with Gasteiger partial charge in [0.2, 0.25) is 11.8 Å². The third-order valence-corrected chi connectivity index (χ3v) is 7.41. The minimum absolute atomic E-state index is 0.0162. The minimum atomic E-state index is -2.25. The molecule has 0 heterocycles. The van der Waals surface area contributed by atoms with Crippen LogP contribution in [-0.2, 0) is 9.59 Å². The molecule has 0 aliphatic rings. The van der Waals surface area contributed by atoms with Crippen LogP contribution in [0.3, 0.4) is 0 Å². The van der Waals surface area contributed by atoms with E-state index in [9.17, 15) is 41.8 Å². The van der Waals surface area contributed by atoms with E-state index in [1.54, 1.807) is 0 Å². The number of carbonyl (C=O) groups excluding carboxylic acids is 4. The van der Waals surface area contributed by atoms with Crippen molar-refractivity contribution in [2.75, 3.05) is 26.2 Å². The van der Waals surface area contributed by atoms with Crippen molar-refractivity contribution in [3.8, 4) is 0 Å². The van der Waals surface area contributed by atoms with Gasteiger partial charge in [0, 0.05) is 25.1 Å². The average molecular weight is 700 g/mol. The molecule has 0 saturated heterocycles. The zero-order valence-corrected chi connectivity index (χ0v) is 26.8. The molecule has 0 saturated carbocycles. The molecular weight excluding hydrogens is 662 g/mol. The average Bonchev–Trinajstić information content (AvgIpc) is 3.04. The number of nitrogens with zero attached hydrogens (tertiary/aromatic N) is 1. The summed E-state index contributed by atoms with van der Waals surface area (Å²) >= 11 is 3.76. The van der Waals surface area contributed by atoms with Gasteiger partial charge in [0.25, 0.3) is 11.8 Å².